The highest BCUT2D eigenvalue weighted by Gasteiger charge is 2.37. The minimum Gasteiger partial charge on any atom is -0.319 e. The standard InChI is InChI=1S/C15H21NO/c1-2-5-12-6-8-13(9-7-12)14(17)15(16)10-3-4-11-15/h6-9H,2-5,10-11,16H2,1H3. The van der Waals surface area contributed by atoms with E-state index in [2.05, 4.69) is 19.1 Å². The van der Waals surface area contributed by atoms with Crippen LogP contribution in [0.25, 0.3) is 0 Å². The van der Waals surface area contributed by atoms with Crippen molar-refractivity contribution in [1.82, 2.24) is 0 Å². The van der Waals surface area contributed by atoms with Crippen LogP contribution >= 0.6 is 0 Å². The van der Waals surface area contributed by atoms with E-state index in [9.17, 15) is 4.79 Å². The largest absolute Gasteiger partial charge is 0.319 e. The zero-order valence-corrected chi connectivity index (χ0v) is 10.5. The lowest BCUT2D eigenvalue weighted by molar-refractivity contribution is 0.0892. The van der Waals surface area contributed by atoms with Gasteiger partial charge in [0.15, 0.2) is 5.78 Å². The number of hydrogen-bond acceptors (Lipinski definition) is 2. The molecular formula is C15H21NO. The second-order valence-corrected chi connectivity index (χ2v) is 5.14. The van der Waals surface area contributed by atoms with Gasteiger partial charge in [0.1, 0.15) is 0 Å². The van der Waals surface area contributed by atoms with Crippen LogP contribution in [0, 0.1) is 0 Å². The van der Waals surface area contributed by atoms with Crippen molar-refractivity contribution in [1.29, 1.82) is 0 Å². The lowest BCUT2D eigenvalue weighted by Gasteiger charge is -2.21. The Labute approximate surface area is 103 Å². The van der Waals surface area contributed by atoms with Gasteiger partial charge in [-0.3, -0.25) is 4.79 Å². The summed E-state index contributed by atoms with van der Waals surface area (Å²) in [6, 6.07) is 7.96. The van der Waals surface area contributed by atoms with Crippen LogP contribution in [0.15, 0.2) is 24.3 Å². The molecule has 0 atom stereocenters. The van der Waals surface area contributed by atoms with E-state index < -0.39 is 5.54 Å². The van der Waals surface area contributed by atoms with Gasteiger partial charge in [0, 0.05) is 5.56 Å². The molecule has 0 radical (unpaired) electrons. The molecule has 2 heteroatoms. The fraction of sp³-hybridized carbons (Fsp3) is 0.533. The molecule has 0 amide bonds. The van der Waals surface area contributed by atoms with Gasteiger partial charge in [-0.15, -0.1) is 0 Å². The van der Waals surface area contributed by atoms with Crippen molar-refractivity contribution in [3.8, 4) is 0 Å². The maximum absolute atomic E-state index is 12.3. The van der Waals surface area contributed by atoms with Crippen LogP contribution in [0.5, 0.6) is 0 Å². The third-order valence-electron chi connectivity index (χ3n) is 3.70. The summed E-state index contributed by atoms with van der Waals surface area (Å²) in [7, 11) is 0. The molecular weight excluding hydrogens is 210 g/mol. The molecule has 0 spiro atoms. The quantitative estimate of drug-likeness (QED) is 0.809. The summed E-state index contributed by atoms with van der Waals surface area (Å²) in [5, 5.41) is 0. The Morgan fingerprint density at radius 3 is 2.35 bits per heavy atom. The third-order valence-corrected chi connectivity index (χ3v) is 3.70. The highest BCUT2D eigenvalue weighted by atomic mass is 16.1. The highest BCUT2D eigenvalue weighted by molar-refractivity contribution is 6.03. The summed E-state index contributed by atoms with van der Waals surface area (Å²) in [6.45, 7) is 2.16. The van der Waals surface area contributed by atoms with Gasteiger partial charge in [0.2, 0.25) is 0 Å². The molecule has 0 unspecified atom stereocenters. The van der Waals surface area contributed by atoms with Gasteiger partial charge in [0.05, 0.1) is 5.54 Å². The van der Waals surface area contributed by atoms with E-state index in [1.54, 1.807) is 0 Å². The smallest absolute Gasteiger partial charge is 0.182 e. The molecule has 17 heavy (non-hydrogen) atoms. The minimum atomic E-state index is -0.591. The molecule has 1 saturated carbocycles. The Morgan fingerprint density at radius 1 is 1.24 bits per heavy atom. The first kappa shape index (κ1) is 12.3. The molecule has 2 nitrogen and oxygen atoms in total. The number of nitrogens with two attached hydrogens (primary N) is 1. The minimum absolute atomic E-state index is 0.123. The molecule has 92 valence electrons. The van der Waals surface area contributed by atoms with E-state index in [0.29, 0.717) is 0 Å². The van der Waals surface area contributed by atoms with E-state index >= 15 is 0 Å². The number of carbonyl (C=O) groups is 1. The van der Waals surface area contributed by atoms with Gasteiger partial charge >= 0.3 is 0 Å². The topological polar surface area (TPSA) is 43.1 Å². The fourth-order valence-corrected chi connectivity index (χ4v) is 2.63. The van der Waals surface area contributed by atoms with Crippen LogP contribution in [-0.4, -0.2) is 11.3 Å². The molecule has 2 rings (SSSR count). The summed E-state index contributed by atoms with van der Waals surface area (Å²) in [5.41, 5.74) is 7.66. The number of hydrogen-bond donors (Lipinski definition) is 1. The molecule has 0 bridgehead atoms. The summed E-state index contributed by atoms with van der Waals surface area (Å²) in [4.78, 5) is 12.3. The van der Waals surface area contributed by atoms with Crippen LogP contribution in [0.1, 0.15) is 54.9 Å². The Balaban J connectivity index is 2.14. The molecule has 1 aromatic rings. The predicted molar refractivity (Wildman–Crippen MR) is 70.2 cm³/mol. The first-order valence-electron chi connectivity index (χ1n) is 6.58. The first-order chi connectivity index (χ1) is 8.15. The Morgan fingerprint density at radius 2 is 1.82 bits per heavy atom. The average molecular weight is 231 g/mol. The summed E-state index contributed by atoms with van der Waals surface area (Å²) < 4.78 is 0. The summed E-state index contributed by atoms with van der Waals surface area (Å²) in [6.07, 6.45) is 6.04. The normalized spacial score (nSPS) is 18.2. The van der Waals surface area contributed by atoms with Crippen LogP contribution in [0.2, 0.25) is 0 Å². The molecule has 1 aliphatic carbocycles. The van der Waals surface area contributed by atoms with Crippen LogP contribution in [0.4, 0.5) is 0 Å². The molecule has 2 N–H and O–H groups in total. The maximum atomic E-state index is 12.3. The molecule has 1 aromatic carbocycles. The highest BCUT2D eigenvalue weighted by Crippen LogP contribution is 2.30. The molecule has 0 aromatic heterocycles. The van der Waals surface area contributed by atoms with Crippen molar-refractivity contribution >= 4 is 5.78 Å². The second kappa shape index (κ2) is 5.01. The molecule has 1 fully saturated rings. The zero-order valence-electron chi connectivity index (χ0n) is 10.5. The Hall–Kier alpha value is -1.15. The number of carbonyl (C=O) groups excluding carboxylic acids is 1. The van der Waals surface area contributed by atoms with Crippen molar-refractivity contribution in [2.45, 2.75) is 51.0 Å². The Bertz CT molecular complexity index is 388. The average Bonchev–Trinajstić information content (AvgIpc) is 2.78. The zero-order chi connectivity index (χ0) is 12.3. The van der Waals surface area contributed by atoms with E-state index in [0.717, 1.165) is 44.1 Å². The monoisotopic (exact) mass is 231 g/mol. The van der Waals surface area contributed by atoms with Crippen molar-refractivity contribution < 1.29 is 4.79 Å². The van der Waals surface area contributed by atoms with Gasteiger partial charge in [-0.05, 0) is 24.8 Å². The van der Waals surface area contributed by atoms with Gasteiger partial charge < -0.3 is 5.73 Å². The first-order valence-corrected chi connectivity index (χ1v) is 6.58. The van der Waals surface area contributed by atoms with E-state index in [1.807, 2.05) is 12.1 Å². The van der Waals surface area contributed by atoms with Crippen molar-refractivity contribution in [2.75, 3.05) is 0 Å². The van der Waals surface area contributed by atoms with E-state index in [1.165, 1.54) is 5.56 Å². The van der Waals surface area contributed by atoms with Gasteiger partial charge in [-0.1, -0.05) is 50.5 Å². The van der Waals surface area contributed by atoms with Crippen LogP contribution in [0.3, 0.4) is 0 Å². The SMILES string of the molecule is CCCc1ccc(C(=O)C2(N)CCCC2)cc1. The maximum Gasteiger partial charge on any atom is 0.182 e. The number of aryl methyl sites for hydroxylation is 1. The fourth-order valence-electron chi connectivity index (χ4n) is 2.63. The van der Waals surface area contributed by atoms with Crippen molar-refractivity contribution in [3.05, 3.63) is 35.4 Å². The number of benzene rings is 1. The van der Waals surface area contributed by atoms with Gasteiger partial charge in [0.25, 0.3) is 0 Å². The molecule has 0 heterocycles. The Kier molecular flexibility index (Phi) is 3.63. The van der Waals surface area contributed by atoms with Crippen molar-refractivity contribution in [2.24, 2.45) is 5.73 Å². The predicted octanol–water partition coefficient (Wildman–Crippen LogP) is 3.09. The van der Waals surface area contributed by atoms with E-state index in [-0.39, 0.29) is 5.78 Å². The lowest BCUT2D eigenvalue weighted by atomic mass is 9.88. The summed E-state index contributed by atoms with van der Waals surface area (Å²) in [5.74, 6) is 0.123. The van der Waals surface area contributed by atoms with Gasteiger partial charge in [-0.25, -0.2) is 0 Å². The lowest BCUT2D eigenvalue weighted by Crippen LogP contribution is -2.45. The number of rotatable bonds is 4. The molecule has 1 aliphatic rings. The van der Waals surface area contributed by atoms with E-state index in [4.69, 9.17) is 5.73 Å². The number of Topliss-reactive ketones (excluding diaryl/α,β-unsaturated/α-hetero) is 1. The third kappa shape index (κ3) is 2.58. The second-order valence-electron chi connectivity index (χ2n) is 5.14. The van der Waals surface area contributed by atoms with Crippen LogP contribution in [-0.2, 0) is 6.42 Å². The van der Waals surface area contributed by atoms with Crippen molar-refractivity contribution in [3.63, 3.8) is 0 Å². The molecule has 0 saturated heterocycles. The summed E-state index contributed by atoms with van der Waals surface area (Å²) >= 11 is 0. The number of ketones is 1. The van der Waals surface area contributed by atoms with Gasteiger partial charge in [-0.2, -0.15) is 0 Å². The van der Waals surface area contributed by atoms with Crippen LogP contribution < -0.4 is 5.73 Å². The molecule has 0 aliphatic heterocycles.